The molecule has 0 saturated carbocycles. The number of carbonyl (C=O) groups is 1. The van der Waals surface area contributed by atoms with Crippen molar-refractivity contribution in [2.45, 2.75) is 26.3 Å². The van der Waals surface area contributed by atoms with Gasteiger partial charge in [-0.05, 0) is 13.3 Å². The molecule has 0 saturated heterocycles. The average Bonchev–Trinajstić information content (AvgIpc) is 2.52. The highest BCUT2D eigenvalue weighted by atomic mass is 16.5. The Hall–Kier alpha value is -1.52. The number of nitrogens with two attached hydrogens (primary N) is 1. The molecular weight excluding hydrogens is 182 g/mol. The van der Waals surface area contributed by atoms with Crippen molar-refractivity contribution in [1.29, 1.82) is 0 Å². The molecule has 5 heteroatoms. The topological polar surface area (TPSA) is 70.1 Å². The third kappa shape index (κ3) is 3.47. The van der Waals surface area contributed by atoms with E-state index in [1.165, 1.54) is 0 Å². The van der Waals surface area contributed by atoms with Gasteiger partial charge in [0.2, 0.25) is 0 Å². The Labute approximate surface area is 82.8 Å². The van der Waals surface area contributed by atoms with Crippen LogP contribution in [-0.2, 0) is 16.1 Å². The van der Waals surface area contributed by atoms with Gasteiger partial charge in [0.05, 0.1) is 18.5 Å². The first kappa shape index (κ1) is 10.6. The van der Waals surface area contributed by atoms with Gasteiger partial charge in [-0.15, -0.1) is 0 Å². The molecule has 78 valence electrons. The highest BCUT2D eigenvalue weighted by Crippen LogP contribution is 2.01. The maximum Gasteiger partial charge on any atom is 0.305 e. The Bertz CT molecular complexity index is 296. The Morgan fingerprint density at radius 3 is 3.07 bits per heavy atom. The number of nitrogens with zero attached hydrogens (tertiary/aromatic N) is 2. The number of rotatable bonds is 5. The van der Waals surface area contributed by atoms with Crippen LogP contribution in [0.2, 0.25) is 0 Å². The van der Waals surface area contributed by atoms with Crippen molar-refractivity contribution in [1.82, 2.24) is 9.78 Å². The van der Waals surface area contributed by atoms with Crippen molar-refractivity contribution in [3.63, 3.8) is 0 Å². The lowest BCUT2D eigenvalue weighted by molar-refractivity contribution is -0.143. The minimum atomic E-state index is -0.160. The normalized spacial score (nSPS) is 10.1. The molecule has 0 amide bonds. The van der Waals surface area contributed by atoms with E-state index in [2.05, 4.69) is 5.10 Å². The molecule has 0 aliphatic heterocycles. The number of hydrogen-bond donors (Lipinski definition) is 1. The van der Waals surface area contributed by atoms with Crippen LogP contribution in [0.4, 0.5) is 5.69 Å². The van der Waals surface area contributed by atoms with Crippen LogP contribution < -0.4 is 5.73 Å². The number of hydrogen-bond acceptors (Lipinski definition) is 4. The Balaban J connectivity index is 2.18. The van der Waals surface area contributed by atoms with Gasteiger partial charge in [0, 0.05) is 19.2 Å². The van der Waals surface area contributed by atoms with Crippen molar-refractivity contribution in [2.75, 3.05) is 12.3 Å². The van der Waals surface area contributed by atoms with Crippen LogP contribution in [0.25, 0.3) is 0 Å². The first-order valence-electron chi connectivity index (χ1n) is 4.66. The second-order valence-electron chi connectivity index (χ2n) is 2.95. The lowest BCUT2D eigenvalue weighted by Crippen LogP contribution is -2.06. The fourth-order valence-corrected chi connectivity index (χ4v) is 1.12. The first-order valence-corrected chi connectivity index (χ1v) is 4.66. The summed E-state index contributed by atoms with van der Waals surface area (Å²) in [4.78, 5) is 11.0. The van der Waals surface area contributed by atoms with Crippen molar-refractivity contribution >= 4 is 11.7 Å². The average molecular weight is 197 g/mol. The molecule has 14 heavy (non-hydrogen) atoms. The molecule has 1 aromatic heterocycles. The zero-order chi connectivity index (χ0) is 10.4. The summed E-state index contributed by atoms with van der Waals surface area (Å²) in [5, 5.41) is 4.00. The van der Waals surface area contributed by atoms with Crippen molar-refractivity contribution in [3.05, 3.63) is 12.4 Å². The third-order valence-electron chi connectivity index (χ3n) is 1.73. The molecule has 0 radical (unpaired) electrons. The minimum Gasteiger partial charge on any atom is -0.466 e. The second kappa shape index (κ2) is 5.26. The summed E-state index contributed by atoms with van der Waals surface area (Å²) in [6.07, 6.45) is 4.48. The summed E-state index contributed by atoms with van der Waals surface area (Å²) in [6.45, 7) is 2.93. The fourth-order valence-electron chi connectivity index (χ4n) is 1.12. The first-order chi connectivity index (χ1) is 6.72. The van der Waals surface area contributed by atoms with Crippen LogP contribution in [0, 0.1) is 0 Å². The molecule has 1 heterocycles. The Morgan fingerprint density at radius 2 is 2.50 bits per heavy atom. The third-order valence-corrected chi connectivity index (χ3v) is 1.73. The number of anilines is 1. The fraction of sp³-hybridized carbons (Fsp3) is 0.556. The molecule has 0 spiro atoms. The van der Waals surface area contributed by atoms with E-state index < -0.39 is 0 Å². The number of ether oxygens (including phenoxy) is 1. The summed E-state index contributed by atoms with van der Waals surface area (Å²) in [7, 11) is 0. The minimum absolute atomic E-state index is 0.160. The van der Waals surface area contributed by atoms with Gasteiger partial charge in [-0.2, -0.15) is 5.10 Å². The van der Waals surface area contributed by atoms with Crippen molar-refractivity contribution in [2.24, 2.45) is 0 Å². The zero-order valence-corrected chi connectivity index (χ0v) is 8.27. The highest BCUT2D eigenvalue weighted by molar-refractivity contribution is 5.69. The van der Waals surface area contributed by atoms with Crippen LogP contribution in [0.15, 0.2) is 12.4 Å². The quantitative estimate of drug-likeness (QED) is 0.709. The zero-order valence-electron chi connectivity index (χ0n) is 8.27. The number of aromatic nitrogens is 2. The summed E-state index contributed by atoms with van der Waals surface area (Å²) in [5.41, 5.74) is 6.12. The lowest BCUT2D eigenvalue weighted by Gasteiger charge is -2.01. The van der Waals surface area contributed by atoms with Crippen molar-refractivity contribution in [3.8, 4) is 0 Å². The van der Waals surface area contributed by atoms with E-state index >= 15 is 0 Å². The van der Waals surface area contributed by atoms with Gasteiger partial charge < -0.3 is 10.5 Å². The predicted octanol–water partition coefficient (Wildman–Crippen LogP) is 0.809. The number of nitrogen functional groups attached to an aromatic ring is 1. The molecule has 1 aromatic rings. The maximum absolute atomic E-state index is 11.0. The van der Waals surface area contributed by atoms with Gasteiger partial charge in [-0.25, -0.2) is 0 Å². The van der Waals surface area contributed by atoms with Crippen LogP contribution in [0.1, 0.15) is 19.8 Å². The van der Waals surface area contributed by atoms with Crippen LogP contribution in [-0.4, -0.2) is 22.4 Å². The second-order valence-corrected chi connectivity index (χ2v) is 2.95. The molecule has 5 nitrogen and oxygen atoms in total. The van der Waals surface area contributed by atoms with E-state index in [1.807, 2.05) is 0 Å². The van der Waals surface area contributed by atoms with E-state index in [0.29, 0.717) is 25.3 Å². The van der Waals surface area contributed by atoms with Gasteiger partial charge in [0.15, 0.2) is 0 Å². The standard InChI is InChI=1S/C9H15N3O2/c1-2-14-9(13)4-3-5-12-7-8(10)6-11-12/h6-7H,2-5,10H2,1H3. The molecule has 0 atom stereocenters. The Morgan fingerprint density at radius 1 is 1.71 bits per heavy atom. The molecular formula is C9H15N3O2. The van der Waals surface area contributed by atoms with Crippen molar-refractivity contribution < 1.29 is 9.53 Å². The number of aryl methyl sites for hydroxylation is 1. The van der Waals surface area contributed by atoms with Crippen LogP contribution in [0.5, 0.6) is 0 Å². The van der Waals surface area contributed by atoms with Gasteiger partial charge in [-0.3, -0.25) is 9.48 Å². The van der Waals surface area contributed by atoms with E-state index in [-0.39, 0.29) is 5.97 Å². The SMILES string of the molecule is CCOC(=O)CCCn1cc(N)cn1. The summed E-state index contributed by atoms with van der Waals surface area (Å²) >= 11 is 0. The molecule has 0 aliphatic carbocycles. The van der Waals surface area contributed by atoms with Gasteiger partial charge in [0.25, 0.3) is 0 Å². The summed E-state index contributed by atoms with van der Waals surface area (Å²) < 4.78 is 6.51. The molecule has 0 aliphatic rings. The van der Waals surface area contributed by atoms with Crippen LogP contribution >= 0.6 is 0 Å². The molecule has 0 bridgehead atoms. The van der Waals surface area contributed by atoms with Crippen LogP contribution in [0.3, 0.4) is 0 Å². The number of esters is 1. The summed E-state index contributed by atoms with van der Waals surface area (Å²) in [6, 6.07) is 0. The van der Waals surface area contributed by atoms with E-state index in [9.17, 15) is 4.79 Å². The molecule has 0 unspecified atom stereocenters. The smallest absolute Gasteiger partial charge is 0.305 e. The van der Waals surface area contributed by atoms with Gasteiger partial charge in [0.1, 0.15) is 0 Å². The maximum atomic E-state index is 11.0. The van der Waals surface area contributed by atoms with Gasteiger partial charge in [-0.1, -0.05) is 0 Å². The van der Waals surface area contributed by atoms with Gasteiger partial charge >= 0.3 is 5.97 Å². The predicted molar refractivity (Wildman–Crippen MR) is 52.5 cm³/mol. The molecule has 1 rings (SSSR count). The monoisotopic (exact) mass is 197 g/mol. The molecule has 2 N–H and O–H groups in total. The highest BCUT2D eigenvalue weighted by Gasteiger charge is 2.01. The van der Waals surface area contributed by atoms with E-state index in [1.54, 1.807) is 24.0 Å². The summed E-state index contributed by atoms with van der Waals surface area (Å²) in [5.74, 6) is -0.160. The lowest BCUT2D eigenvalue weighted by atomic mass is 10.3. The van der Waals surface area contributed by atoms with E-state index in [4.69, 9.17) is 10.5 Å². The molecule has 0 aromatic carbocycles. The van der Waals surface area contributed by atoms with E-state index in [0.717, 1.165) is 6.42 Å². The molecule has 0 fully saturated rings. The number of carbonyl (C=O) groups excluding carboxylic acids is 1. The largest absolute Gasteiger partial charge is 0.466 e. The Kier molecular flexibility index (Phi) is 3.97.